The van der Waals surface area contributed by atoms with Crippen molar-refractivity contribution in [3.05, 3.63) is 11.5 Å². The van der Waals surface area contributed by atoms with Crippen LogP contribution in [0.15, 0.2) is 11.5 Å². The second kappa shape index (κ2) is 6.02. The van der Waals surface area contributed by atoms with Crippen LogP contribution in [0.5, 0.6) is 0 Å². The minimum atomic E-state index is 0.497. The lowest BCUT2D eigenvalue weighted by molar-refractivity contribution is 0.646. The van der Waals surface area contributed by atoms with Gasteiger partial charge >= 0.3 is 0 Å². The van der Waals surface area contributed by atoms with E-state index < -0.39 is 0 Å². The molecule has 1 unspecified atom stereocenters. The summed E-state index contributed by atoms with van der Waals surface area (Å²) in [5, 5.41) is 2.29. The summed E-state index contributed by atoms with van der Waals surface area (Å²) in [6, 6.07) is 0. The highest BCUT2D eigenvalue weighted by atomic mass is 32.2. The molecule has 0 aromatic carbocycles. The maximum absolute atomic E-state index is 2.44. The second-order valence-corrected chi connectivity index (χ2v) is 6.03. The van der Waals surface area contributed by atoms with Crippen molar-refractivity contribution in [3.8, 4) is 0 Å². The fraction of sp³-hybridized carbons (Fsp3) is 0.818. The van der Waals surface area contributed by atoms with Crippen LogP contribution in [0.25, 0.3) is 0 Å². The van der Waals surface area contributed by atoms with E-state index in [0.717, 1.165) is 0 Å². The Morgan fingerprint density at radius 1 is 1.38 bits per heavy atom. The summed E-state index contributed by atoms with van der Waals surface area (Å²) < 4.78 is 0.497. The molecule has 1 aliphatic rings. The molecule has 13 heavy (non-hydrogen) atoms. The lowest BCUT2D eigenvalue weighted by atomic mass is 10.0. The van der Waals surface area contributed by atoms with Gasteiger partial charge in [0.1, 0.15) is 0 Å². The van der Waals surface area contributed by atoms with Crippen molar-refractivity contribution in [1.82, 2.24) is 0 Å². The maximum atomic E-state index is 2.44. The van der Waals surface area contributed by atoms with Gasteiger partial charge in [0.25, 0.3) is 0 Å². The van der Waals surface area contributed by atoms with Gasteiger partial charge in [-0.2, -0.15) is 11.8 Å². The summed E-state index contributed by atoms with van der Waals surface area (Å²) in [6.07, 6.45) is 7.82. The van der Waals surface area contributed by atoms with Crippen molar-refractivity contribution < 1.29 is 0 Å². The SMILES string of the molecule is CCCCC1(SCCC)C=CSC1. The molecule has 0 aliphatic carbocycles. The van der Waals surface area contributed by atoms with Crippen LogP contribution in [0.3, 0.4) is 0 Å². The quantitative estimate of drug-likeness (QED) is 0.648. The monoisotopic (exact) mass is 216 g/mol. The van der Waals surface area contributed by atoms with Crippen molar-refractivity contribution >= 4 is 23.5 Å². The molecule has 0 saturated heterocycles. The topological polar surface area (TPSA) is 0 Å². The van der Waals surface area contributed by atoms with Gasteiger partial charge in [-0.1, -0.05) is 32.8 Å². The maximum Gasteiger partial charge on any atom is 0.0440 e. The fourth-order valence-corrected chi connectivity index (χ4v) is 4.17. The van der Waals surface area contributed by atoms with Crippen LogP contribution < -0.4 is 0 Å². The third-order valence-electron chi connectivity index (χ3n) is 2.34. The van der Waals surface area contributed by atoms with Crippen LogP contribution in [0.1, 0.15) is 39.5 Å². The molecule has 0 aromatic heterocycles. The second-order valence-electron chi connectivity index (χ2n) is 3.63. The summed E-state index contributed by atoms with van der Waals surface area (Å²) in [5.41, 5.74) is 0. The van der Waals surface area contributed by atoms with Crippen LogP contribution in [0.2, 0.25) is 0 Å². The fourth-order valence-electron chi connectivity index (χ4n) is 1.51. The Morgan fingerprint density at radius 2 is 2.23 bits per heavy atom. The van der Waals surface area contributed by atoms with Gasteiger partial charge in [-0.3, -0.25) is 0 Å². The lowest BCUT2D eigenvalue weighted by Gasteiger charge is -2.25. The Morgan fingerprint density at radius 3 is 2.77 bits per heavy atom. The summed E-state index contributed by atoms with van der Waals surface area (Å²) in [5.74, 6) is 2.62. The van der Waals surface area contributed by atoms with E-state index in [2.05, 4.69) is 37.1 Å². The first-order valence-electron chi connectivity index (χ1n) is 5.26. The molecule has 1 atom stereocenters. The van der Waals surface area contributed by atoms with Crippen LogP contribution in [0, 0.1) is 0 Å². The van der Waals surface area contributed by atoms with Gasteiger partial charge in [0.2, 0.25) is 0 Å². The summed E-state index contributed by atoms with van der Waals surface area (Å²) in [6.45, 7) is 4.55. The average molecular weight is 216 g/mol. The van der Waals surface area contributed by atoms with E-state index in [9.17, 15) is 0 Å². The smallest absolute Gasteiger partial charge is 0.0440 e. The number of rotatable bonds is 6. The third-order valence-corrected chi connectivity index (χ3v) is 5.21. The number of unbranched alkanes of at least 4 members (excludes halogenated alkanes) is 1. The molecular weight excluding hydrogens is 196 g/mol. The molecular formula is C11H20S2. The molecule has 2 heteroatoms. The van der Waals surface area contributed by atoms with Crippen LogP contribution in [-0.4, -0.2) is 16.3 Å². The first-order valence-corrected chi connectivity index (χ1v) is 7.29. The zero-order chi connectivity index (χ0) is 9.57. The van der Waals surface area contributed by atoms with Gasteiger partial charge in [-0.15, -0.1) is 11.8 Å². The lowest BCUT2D eigenvalue weighted by Crippen LogP contribution is -2.22. The van der Waals surface area contributed by atoms with Gasteiger partial charge in [-0.25, -0.2) is 0 Å². The standard InChI is InChI=1S/C11H20S2/c1-3-5-6-11(13-8-4-2)7-9-12-10-11/h7,9H,3-6,8,10H2,1-2H3. The Labute approximate surface area is 90.9 Å². The molecule has 0 bridgehead atoms. The highest BCUT2D eigenvalue weighted by molar-refractivity contribution is 8.06. The van der Waals surface area contributed by atoms with Crippen molar-refractivity contribution in [3.63, 3.8) is 0 Å². The first kappa shape index (κ1) is 11.5. The van der Waals surface area contributed by atoms with E-state index in [4.69, 9.17) is 0 Å². The van der Waals surface area contributed by atoms with Gasteiger partial charge < -0.3 is 0 Å². The predicted molar refractivity (Wildman–Crippen MR) is 66.6 cm³/mol. The Hall–Kier alpha value is 0.440. The van der Waals surface area contributed by atoms with E-state index in [0.29, 0.717) is 4.75 Å². The van der Waals surface area contributed by atoms with Crippen LogP contribution in [0.4, 0.5) is 0 Å². The summed E-state index contributed by atoms with van der Waals surface area (Å²) in [7, 11) is 0. The molecule has 0 spiro atoms. The van der Waals surface area contributed by atoms with E-state index in [1.54, 1.807) is 0 Å². The molecule has 0 aromatic rings. The zero-order valence-electron chi connectivity index (χ0n) is 8.71. The van der Waals surface area contributed by atoms with E-state index >= 15 is 0 Å². The first-order chi connectivity index (χ1) is 6.33. The average Bonchev–Trinajstić information content (AvgIpc) is 2.61. The minimum Gasteiger partial charge on any atom is -0.150 e. The molecule has 1 rings (SSSR count). The van der Waals surface area contributed by atoms with Gasteiger partial charge in [0.05, 0.1) is 0 Å². The molecule has 0 fully saturated rings. The summed E-state index contributed by atoms with van der Waals surface area (Å²) >= 11 is 4.14. The summed E-state index contributed by atoms with van der Waals surface area (Å²) in [4.78, 5) is 0. The Bertz CT molecular complexity index is 155. The van der Waals surface area contributed by atoms with E-state index in [1.165, 1.54) is 37.2 Å². The molecule has 76 valence electrons. The molecule has 0 radical (unpaired) electrons. The molecule has 0 N–H and O–H groups in total. The van der Waals surface area contributed by atoms with Gasteiger partial charge in [0.15, 0.2) is 0 Å². The van der Waals surface area contributed by atoms with Crippen molar-refractivity contribution in [2.45, 2.75) is 44.3 Å². The number of thioether (sulfide) groups is 2. The van der Waals surface area contributed by atoms with Crippen LogP contribution >= 0.6 is 23.5 Å². The molecule has 0 amide bonds. The molecule has 0 saturated carbocycles. The number of hydrogen-bond donors (Lipinski definition) is 0. The third kappa shape index (κ3) is 3.59. The Balaban J connectivity index is 2.38. The van der Waals surface area contributed by atoms with Crippen molar-refractivity contribution in [2.75, 3.05) is 11.5 Å². The van der Waals surface area contributed by atoms with E-state index in [-0.39, 0.29) is 0 Å². The predicted octanol–water partition coefficient (Wildman–Crippen LogP) is 4.32. The van der Waals surface area contributed by atoms with Crippen molar-refractivity contribution in [1.29, 1.82) is 0 Å². The highest BCUT2D eigenvalue weighted by Gasteiger charge is 2.29. The number of hydrogen-bond acceptors (Lipinski definition) is 2. The Kier molecular flexibility index (Phi) is 5.34. The van der Waals surface area contributed by atoms with Gasteiger partial charge in [-0.05, 0) is 24.0 Å². The van der Waals surface area contributed by atoms with E-state index in [1.807, 2.05) is 11.8 Å². The molecule has 1 heterocycles. The molecule has 1 aliphatic heterocycles. The minimum absolute atomic E-state index is 0.497. The molecule has 0 nitrogen and oxygen atoms in total. The highest BCUT2D eigenvalue weighted by Crippen LogP contribution is 2.41. The van der Waals surface area contributed by atoms with Crippen LogP contribution in [-0.2, 0) is 0 Å². The largest absolute Gasteiger partial charge is 0.150 e. The van der Waals surface area contributed by atoms with Crippen molar-refractivity contribution in [2.24, 2.45) is 0 Å². The zero-order valence-corrected chi connectivity index (χ0v) is 10.3. The normalized spacial score (nSPS) is 26.9. The van der Waals surface area contributed by atoms with Gasteiger partial charge in [0, 0.05) is 10.5 Å².